The van der Waals surface area contributed by atoms with Gasteiger partial charge in [0.1, 0.15) is 5.75 Å². The van der Waals surface area contributed by atoms with Crippen molar-refractivity contribution in [2.45, 2.75) is 26.4 Å². The van der Waals surface area contributed by atoms with Crippen molar-refractivity contribution in [3.05, 3.63) is 26.6 Å². The van der Waals surface area contributed by atoms with E-state index in [0.29, 0.717) is 22.8 Å². The summed E-state index contributed by atoms with van der Waals surface area (Å²) in [5.41, 5.74) is 0.889. The highest BCUT2D eigenvalue weighted by atomic mass is 79.9. The Labute approximate surface area is 113 Å². The number of halogens is 3. The topological polar surface area (TPSA) is 32.3 Å². The third kappa shape index (κ3) is 4.72. The predicted molar refractivity (Wildman–Crippen MR) is 72.7 cm³/mol. The molecular formula is C10H14Br2ClNO. The third-order valence-electron chi connectivity index (χ3n) is 1.81. The lowest BCUT2D eigenvalue weighted by Crippen LogP contribution is -2.21. The second-order valence-corrected chi connectivity index (χ2v) is 5.20. The molecule has 0 heterocycles. The Morgan fingerprint density at radius 2 is 1.93 bits per heavy atom. The maximum atomic E-state index is 9.73. The first kappa shape index (κ1) is 15.2. The molecule has 1 aromatic carbocycles. The molecular weight excluding hydrogens is 345 g/mol. The maximum Gasteiger partial charge on any atom is 0.134 e. The van der Waals surface area contributed by atoms with E-state index in [2.05, 4.69) is 51.0 Å². The van der Waals surface area contributed by atoms with E-state index >= 15 is 0 Å². The minimum atomic E-state index is 0. The fourth-order valence-electron chi connectivity index (χ4n) is 1.07. The van der Waals surface area contributed by atoms with Gasteiger partial charge in [-0.2, -0.15) is 0 Å². The Morgan fingerprint density at radius 1 is 1.33 bits per heavy atom. The molecule has 0 aliphatic rings. The Bertz CT molecular complexity index is 331. The van der Waals surface area contributed by atoms with Gasteiger partial charge in [-0.15, -0.1) is 12.4 Å². The van der Waals surface area contributed by atoms with Gasteiger partial charge in [-0.05, 0) is 28.1 Å². The minimum Gasteiger partial charge on any atom is -0.506 e. The quantitative estimate of drug-likeness (QED) is 0.859. The number of aromatic hydroxyl groups is 1. The molecule has 0 radical (unpaired) electrons. The van der Waals surface area contributed by atoms with Crippen LogP contribution in [0.25, 0.3) is 0 Å². The Balaban J connectivity index is 0.00000196. The van der Waals surface area contributed by atoms with Crippen molar-refractivity contribution in [3.63, 3.8) is 0 Å². The third-order valence-corrected chi connectivity index (χ3v) is 2.87. The first-order valence-electron chi connectivity index (χ1n) is 4.41. The van der Waals surface area contributed by atoms with E-state index in [0.717, 1.165) is 10.0 Å². The molecule has 0 amide bonds. The van der Waals surface area contributed by atoms with E-state index in [9.17, 15) is 5.11 Å². The highest BCUT2D eigenvalue weighted by Gasteiger charge is 2.07. The van der Waals surface area contributed by atoms with Gasteiger partial charge in [0.05, 0.1) is 4.47 Å². The number of phenols is 1. The van der Waals surface area contributed by atoms with E-state index in [1.54, 1.807) is 0 Å². The molecule has 0 aromatic heterocycles. The van der Waals surface area contributed by atoms with E-state index in [1.807, 2.05) is 12.1 Å². The van der Waals surface area contributed by atoms with Crippen LogP contribution in [0.1, 0.15) is 19.4 Å². The van der Waals surface area contributed by atoms with Crippen LogP contribution in [-0.2, 0) is 6.54 Å². The van der Waals surface area contributed by atoms with Crippen molar-refractivity contribution in [1.29, 1.82) is 0 Å². The zero-order chi connectivity index (χ0) is 10.7. The molecule has 0 bridgehead atoms. The molecule has 0 atom stereocenters. The largest absolute Gasteiger partial charge is 0.506 e. The molecule has 2 nitrogen and oxygen atoms in total. The van der Waals surface area contributed by atoms with Gasteiger partial charge in [0.25, 0.3) is 0 Å². The molecule has 5 heteroatoms. The van der Waals surface area contributed by atoms with Crippen LogP contribution in [0.15, 0.2) is 21.1 Å². The average molecular weight is 359 g/mol. The molecule has 0 aliphatic heterocycles. The molecule has 1 aromatic rings. The van der Waals surface area contributed by atoms with Crippen LogP contribution in [0.5, 0.6) is 5.75 Å². The number of nitrogens with one attached hydrogen (secondary N) is 1. The van der Waals surface area contributed by atoms with Crippen LogP contribution in [0, 0.1) is 0 Å². The van der Waals surface area contributed by atoms with Crippen molar-refractivity contribution in [1.82, 2.24) is 5.32 Å². The predicted octanol–water partition coefficient (Wildman–Crippen LogP) is 3.84. The molecule has 0 unspecified atom stereocenters. The number of phenolic OH excluding ortho intramolecular Hbond substituents is 1. The van der Waals surface area contributed by atoms with Gasteiger partial charge in [0.15, 0.2) is 0 Å². The van der Waals surface area contributed by atoms with Crippen LogP contribution in [0.2, 0.25) is 0 Å². The summed E-state index contributed by atoms with van der Waals surface area (Å²) >= 11 is 6.68. The molecule has 0 aliphatic carbocycles. The summed E-state index contributed by atoms with van der Waals surface area (Å²) in [4.78, 5) is 0. The van der Waals surface area contributed by atoms with Crippen molar-refractivity contribution in [2.75, 3.05) is 0 Å². The fourth-order valence-corrected chi connectivity index (χ4v) is 2.38. The zero-order valence-corrected chi connectivity index (χ0v) is 12.5. The normalized spacial score (nSPS) is 10.2. The summed E-state index contributed by atoms with van der Waals surface area (Å²) in [5, 5.41) is 13.0. The van der Waals surface area contributed by atoms with Crippen LogP contribution < -0.4 is 5.32 Å². The lowest BCUT2D eigenvalue weighted by atomic mass is 10.2. The Morgan fingerprint density at radius 3 is 2.47 bits per heavy atom. The van der Waals surface area contributed by atoms with Crippen LogP contribution in [-0.4, -0.2) is 11.1 Å². The maximum absolute atomic E-state index is 9.73. The smallest absolute Gasteiger partial charge is 0.134 e. The van der Waals surface area contributed by atoms with Crippen LogP contribution in [0.3, 0.4) is 0 Å². The van der Waals surface area contributed by atoms with Gasteiger partial charge in [0, 0.05) is 22.6 Å². The number of hydrogen-bond acceptors (Lipinski definition) is 2. The summed E-state index contributed by atoms with van der Waals surface area (Å²) in [7, 11) is 0. The van der Waals surface area contributed by atoms with Gasteiger partial charge in [0.2, 0.25) is 0 Å². The van der Waals surface area contributed by atoms with Crippen molar-refractivity contribution >= 4 is 44.3 Å². The molecule has 0 saturated carbocycles. The minimum absolute atomic E-state index is 0. The first-order valence-corrected chi connectivity index (χ1v) is 5.99. The highest BCUT2D eigenvalue weighted by Crippen LogP contribution is 2.31. The summed E-state index contributed by atoms with van der Waals surface area (Å²) in [6.07, 6.45) is 0. The first-order chi connectivity index (χ1) is 6.50. The number of benzene rings is 1. The Hall–Kier alpha value is 0.230. The van der Waals surface area contributed by atoms with Gasteiger partial charge in [-0.3, -0.25) is 0 Å². The average Bonchev–Trinajstić information content (AvgIpc) is 2.08. The van der Waals surface area contributed by atoms with Gasteiger partial charge < -0.3 is 10.4 Å². The molecule has 2 N–H and O–H groups in total. The molecule has 15 heavy (non-hydrogen) atoms. The number of hydrogen-bond donors (Lipinski definition) is 2. The zero-order valence-electron chi connectivity index (χ0n) is 8.55. The van der Waals surface area contributed by atoms with Crippen molar-refractivity contribution in [2.24, 2.45) is 0 Å². The highest BCUT2D eigenvalue weighted by molar-refractivity contribution is 9.11. The van der Waals surface area contributed by atoms with E-state index in [4.69, 9.17) is 0 Å². The summed E-state index contributed by atoms with van der Waals surface area (Å²) < 4.78 is 1.68. The van der Waals surface area contributed by atoms with Gasteiger partial charge >= 0.3 is 0 Å². The molecule has 0 saturated heterocycles. The standard InChI is InChI=1S/C10H13Br2NO.ClH/c1-6(2)13-5-7-3-8(11)4-9(12)10(7)14;/h3-4,6,13-14H,5H2,1-2H3;1H. The molecule has 0 spiro atoms. The molecule has 0 fully saturated rings. The Kier molecular flexibility index (Phi) is 6.84. The van der Waals surface area contributed by atoms with Crippen LogP contribution in [0.4, 0.5) is 0 Å². The van der Waals surface area contributed by atoms with Crippen LogP contribution >= 0.6 is 44.3 Å². The second-order valence-electron chi connectivity index (χ2n) is 3.43. The van der Waals surface area contributed by atoms with Gasteiger partial charge in [-0.1, -0.05) is 29.8 Å². The fraction of sp³-hybridized carbons (Fsp3) is 0.400. The summed E-state index contributed by atoms with van der Waals surface area (Å²) in [6, 6.07) is 4.15. The van der Waals surface area contributed by atoms with E-state index < -0.39 is 0 Å². The van der Waals surface area contributed by atoms with Crippen molar-refractivity contribution < 1.29 is 5.11 Å². The van der Waals surface area contributed by atoms with Crippen molar-refractivity contribution in [3.8, 4) is 5.75 Å². The number of rotatable bonds is 3. The monoisotopic (exact) mass is 357 g/mol. The summed E-state index contributed by atoms with van der Waals surface area (Å²) in [6.45, 7) is 4.82. The summed E-state index contributed by atoms with van der Waals surface area (Å²) in [5.74, 6) is 0.307. The lowest BCUT2D eigenvalue weighted by Gasteiger charge is -2.11. The lowest BCUT2D eigenvalue weighted by molar-refractivity contribution is 0.458. The molecule has 1 rings (SSSR count). The second kappa shape index (κ2) is 6.74. The van der Waals surface area contributed by atoms with Gasteiger partial charge in [-0.25, -0.2) is 0 Å². The molecule has 86 valence electrons. The van der Waals surface area contributed by atoms with E-state index in [-0.39, 0.29) is 12.4 Å². The van der Waals surface area contributed by atoms with E-state index in [1.165, 1.54) is 0 Å². The SMILES string of the molecule is CC(C)NCc1cc(Br)cc(Br)c1O.Cl.